The van der Waals surface area contributed by atoms with E-state index in [1.807, 2.05) is 6.07 Å². The first-order valence-electron chi connectivity index (χ1n) is 6.24. The van der Waals surface area contributed by atoms with Gasteiger partial charge in [-0.3, -0.25) is 9.36 Å². The van der Waals surface area contributed by atoms with E-state index >= 15 is 0 Å². The van der Waals surface area contributed by atoms with Crippen molar-refractivity contribution in [1.82, 2.24) is 14.8 Å². The fourth-order valence-electron chi connectivity index (χ4n) is 1.91. The minimum absolute atomic E-state index is 0.268. The van der Waals surface area contributed by atoms with Gasteiger partial charge < -0.3 is 5.32 Å². The SMILES string of the molecule is O=C(Nc1cccc(-n2cnnc2)c1)c1cccc(F)c1. The van der Waals surface area contributed by atoms with Crippen molar-refractivity contribution in [3.63, 3.8) is 0 Å². The highest BCUT2D eigenvalue weighted by Gasteiger charge is 2.07. The Morgan fingerprint density at radius 2 is 1.81 bits per heavy atom. The van der Waals surface area contributed by atoms with E-state index in [9.17, 15) is 9.18 Å². The number of halogens is 1. The highest BCUT2D eigenvalue weighted by molar-refractivity contribution is 6.04. The van der Waals surface area contributed by atoms with Crippen LogP contribution in [0.1, 0.15) is 10.4 Å². The normalized spacial score (nSPS) is 10.3. The minimum Gasteiger partial charge on any atom is -0.322 e. The summed E-state index contributed by atoms with van der Waals surface area (Å²) in [4.78, 5) is 12.1. The summed E-state index contributed by atoms with van der Waals surface area (Å²) in [7, 11) is 0. The minimum atomic E-state index is -0.444. The summed E-state index contributed by atoms with van der Waals surface area (Å²) in [5, 5.41) is 10.2. The zero-order chi connectivity index (χ0) is 14.7. The lowest BCUT2D eigenvalue weighted by Crippen LogP contribution is -2.12. The second-order valence-electron chi connectivity index (χ2n) is 4.38. The van der Waals surface area contributed by atoms with Crippen molar-refractivity contribution < 1.29 is 9.18 Å². The molecule has 5 nitrogen and oxygen atoms in total. The maximum Gasteiger partial charge on any atom is 0.255 e. The molecule has 0 aliphatic heterocycles. The van der Waals surface area contributed by atoms with Gasteiger partial charge in [-0.1, -0.05) is 12.1 Å². The molecule has 2 aromatic carbocycles. The predicted octanol–water partition coefficient (Wildman–Crippen LogP) is 2.66. The van der Waals surface area contributed by atoms with Crippen LogP contribution >= 0.6 is 0 Å². The number of hydrogen-bond acceptors (Lipinski definition) is 3. The van der Waals surface area contributed by atoms with Crippen molar-refractivity contribution >= 4 is 11.6 Å². The Morgan fingerprint density at radius 1 is 1.05 bits per heavy atom. The molecule has 0 bridgehead atoms. The van der Waals surface area contributed by atoms with E-state index in [4.69, 9.17) is 0 Å². The Labute approximate surface area is 120 Å². The lowest BCUT2D eigenvalue weighted by molar-refractivity contribution is 0.102. The Kier molecular flexibility index (Phi) is 3.42. The molecule has 1 heterocycles. The standard InChI is InChI=1S/C15H11FN4O/c16-12-4-1-3-11(7-12)15(21)19-13-5-2-6-14(8-13)20-9-17-18-10-20/h1-10H,(H,19,21). The molecule has 0 saturated carbocycles. The van der Waals surface area contributed by atoms with Gasteiger partial charge in [-0.25, -0.2) is 4.39 Å². The Hall–Kier alpha value is -3.02. The summed E-state index contributed by atoms with van der Waals surface area (Å²) in [5.74, 6) is -0.809. The number of amides is 1. The smallest absolute Gasteiger partial charge is 0.255 e. The van der Waals surface area contributed by atoms with E-state index in [-0.39, 0.29) is 11.5 Å². The van der Waals surface area contributed by atoms with Crippen LogP contribution < -0.4 is 5.32 Å². The first-order chi connectivity index (χ1) is 10.2. The van der Waals surface area contributed by atoms with Gasteiger partial charge in [-0.15, -0.1) is 10.2 Å². The number of nitrogens with one attached hydrogen (secondary N) is 1. The molecule has 21 heavy (non-hydrogen) atoms. The van der Waals surface area contributed by atoms with Crippen LogP contribution in [0.2, 0.25) is 0 Å². The van der Waals surface area contributed by atoms with E-state index in [2.05, 4.69) is 15.5 Å². The highest BCUT2D eigenvalue weighted by atomic mass is 19.1. The number of aromatic nitrogens is 3. The number of carbonyl (C=O) groups excluding carboxylic acids is 1. The van der Waals surface area contributed by atoms with Gasteiger partial charge in [0.05, 0.1) is 5.69 Å². The molecular weight excluding hydrogens is 271 g/mol. The van der Waals surface area contributed by atoms with E-state index < -0.39 is 5.82 Å². The molecule has 0 fully saturated rings. The summed E-state index contributed by atoms with van der Waals surface area (Å²) in [6.45, 7) is 0. The summed E-state index contributed by atoms with van der Waals surface area (Å²) in [6.07, 6.45) is 3.13. The van der Waals surface area contributed by atoms with E-state index in [0.717, 1.165) is 5.69 Å². The fraction of sp³-hybridized carbons (Fsp3) is 0. The molecule has 0 atom stereocenters. The molecule has 104 valence electrons. The molecule has 1 aromatic heterocycles. The van der Waals surface area contributed by atoms with Gasteiger partial charge >= 0.3 is 0 Å². The summed E-state index contributed by atoms with van der Waals surface area (Å²) < 4.78 is 14.8. The first kappa shape index (κ1) is 13.0. The van der Waals surface area contributed by atoms with Crippen molar-refractivity contribution in [3.05, 3.63) is 72.6 Å². The van der Waals surface area contributed by atoms with Crippen molar-refractivity contribution in [2.45, 2.75) is 0 Å². The zero-order valence-electron chi connectivity index (χ0n) is 10.9. The van der Waals surface area contributed by atoms with E-state index in [0.29, 0.717) is 5.69 Å². The molecule has 6 heteroatoms. The maximum atomic E-state index is 13.1. The molecule has 3 aromatic rings. The molecular formula is C15H11FN4O. The summed E-state index contributed by atoms with van der Waals surface area (Å²) in [5.41, 5.74) is 1.69. The van der Waals surface area contributed by atoms with Crippen LogP contribution in [-0.4, -0.2) is 20.7 Å². The van der Waals surface area contributed by atoms with Crippen molar-refractivity contribution in [2.75, 3.05) is 5.32 Å². The van der Waals surface area contributed by atoms with Crippen LogP contribution in [0.3, 0.4) is 0 Å². The van der Waals surface area contributed by atoms with Crippen LogP contribution in [0.15, 0.2) is 61.2 Å². The van der Waals surface area contributed by atoms with Crippen LogP contribution in [0.25, 0.3) is 5.69 Å². The third-order valence-electron chi connectivity index (χ3n) is 2.91. The largest absolute Gasteiger partial charge is 0.322 e. The van der Waals surface area contributed by atoms with E-state index in [1.54, 1.807) is 41.5 Å². The lowest BCUT2D eigenvalue weighted by Gasteiger charge is -2.07. The molecule has 0 spiro atoms. The highest BCUT2D eigenvalue weighted by Crippen LogP contribution is 2.15. The van der Waals surface area contributed by atoms with Gasteiger partial charge in [0.25, 0.3) is 5.91 Å². The molecule has 1 N–H and O–H groups in total. The lowest BCUT2D eigenvalue weighted by atomic mass is 10.2. The molecule has 3 rings (SSSR count). The molecule has 0 unspecified atom stereocenters. The fourth-order valence-corrected chi connectivity index (χ4v) is 1.91. The number of hydrogen-bond donors (Lipinski definition) is 1. The first-order valence-corrected chi connectivity index (χ1v) is 6.24. The maximum absolute atomic E-state index is 13.1. The van der Waals surface area contributed by atoms with Gasteiger partial charge in [-0.05, 0) is 36.4 Å². The zero-order valence-corrected chi connectivity index (χ0v) is 10.9. The molecule has 0 aliphatic rings. The molecule has 0 saturated heterocycles. The number of carbonyl (C=O) groups is 1. The van der Waals surface area contributed by atoms with Crippen LogP contribution in [-0.2, 0) is 0 Å². The van der Waals surface area contributed by atoms with E-state index in [1.165, 1.54) is 18.2 Å². The quantitative estimate of drug-likeness (QED) is 0.803. The second kappa shape index (κ2) is 5.54. The van der Waals surface area contributed by atoms with Gasteiger partial charge in [0, 0.05) is 11.3 Å². The average molecular weight is 282 g/mol. The van der Waals surface area contributed by atoms with Gasteiger partial charge in [0.15, 0.2) is 0 Å². The Morgan fingerprint density at radius 3 is 2.57 bits per heavy atom. The van der Waals surface area contributed by atoms with Crippen molar-refractivity contribution in [3.8, 4) is 5.69 Å². The van der Waals surface area contributed by atoms with Crippen LogP contribution in [0, 0.1) is 5.82 Å². The number of nitrogens with zero attached hydrogens (tertiary/aromatic N) is 3. The molecule has 0 aliphatic carbocycles. The monoisotopic (exact) mass is 282 g/mol. The number of anilines is 1. The van der Waals surface area contributed by atoms with Crippen molar-refractivity contribution in [1.29, 1.82) is 0 Å². The third-order valence-corrected chi connectivity index (χ3v) is 2.91. The number of rotatable bonds is 3. The van der Waals surface area contributed by atoms with Crippen LogP contribution in [0.4, 0.5) is 10.1 Å². The molecule has 0 radical (unpaired) electrons. The topological polar surface area (TPSA) is 59.8 Å². The third kappa shape index (κ3) is 2.94. The summed E-state index contributed by atoms with van der Waals surface area (Å²) in [6, 6.07) is 12.7. The summed E-state index contributed by atoms with van der Waals surface area (Å²) >= 11 is 0. The van der Waals surface area contributed by atoms with Crippen LogP contribution in [0.5, 0.6) is 0 Å². The second-order valence-corrected chi connectivity index (χ2v) is 4.38. The predicted molar refractivity (Wildman–Crippen MR) is 75.7 cm³/mol. The average Bonchev–Trinajstić information content (AvgIpc) is 3.02. The Bertz CT molecular complexity index is 771. The molecule has 1 amide bonds. The van der Waals surface area contributed by atoms with Crippen molar-refractivity contribution in [2.24, 2.45) is 0 Å². The Balaban J connectivity index is 1.82. The number of benzene rings is 2. The van der Waals surface area contributed by atoms with Gasteiger partial charge in [0.2, 0.25) is 0 Å². The van der Waals surface area contributed by atoms with Gasteiger partial charge in [-0.2, -0.15) is 0 Å². The van der Waals surface area contributed by atoms with Gasteiger partial charge in [0.1, 0.15) is 18.5 Å².